The lowest BCUT2D eigenvalue weighted by Gasteiger charge is -2.40. The number of halogens is 1. The first-order valence-corrected chi connectivity index (χ1v) is 37.5. The predicted octanol–water partition coefficient (Wildman–Crippen LogP) is 10.8. The first-order chi connectivity index (χ1) is 41.2. The second kappa shape index (κ2) is 28.1. The Morgan fingerprint density at radius 2 is 1.00 bits per heavy atom. The summed E-state index contributed by atoms with van der Waals surface area (Å²) in [7, 11) is -1.14. The molecule has 2 aliphatic rings. The zero-order valence-electron chi connectivity index (χ0n) is 53.3. The fraction of sp³-hybridized carbons (Fsp3) is 0.516. The second-order valence-corrected chi connectivity index (χ2v) is 38.4. The van der Waals surface area contributed by atoms with E-state index in [-0.39, 0.29) is 79.5 Å². The first kappa shape index (κ1) is 69.6. The van der Waals surface area contributed by atoms with Gasteiger partial charge in [-0.1, -0.05) is 131 Å². The predicted molar refractivity (Wildman–Crippen MR) is 356 cm³/mol. The highest BCUT2D eigenvalue weighted by atomic mass is 35.5. The molecule has 478 valence electrons. The molecule has 21 nitrogen and oxygen atoms in total. The number of carbonyl (C=O) groups is 2. The molecule has 7 N–H and O–H groups in total. The number of anilines is 2. The van der Waals surface area contributed by atoms with E-state index in [4.69, 9.17) is 29.9 Å². The van der Waals surface area contributed by atoms with Gasteiger partial charge in [-0.3, -0.25) is 48.9 Å². The molecule has 9 rings (SSSR count). The van der Waals surface area contributed by atoms with Crippen LogP contribution < -0.4 is 31.2 Å². The molecule has 2 amide bonds. The molecule has 4 aromatic heterocycles. The van der Waals surface area contributed by atoms with Crippen molar-refractivity contribution in [2.75, 3.05) is 31.5 Å². The number of rotatable bonds is 17. The molecule has 7 aromatic rings. The number of aliphatic hydroxyl groups is 3. The zero-order valence-corrected chi connectivity index (χ0v) is 57.7. The smallest absolute Gasteiger partial charge is 0.280 e. The van der Waals surface area contributed by atoms with Crippen molar-refractivity contribution in [3.05, 3.63) is 129 Å². The summed E-state index contributed by atoms with van der Waals surface area (Å²) >= 11 is 10.2. The van der Waals surface area contributed by atoms with Gasteiger partial charge in [0.15, 0.2) is 39.0 Å². The monoisotopic (exact) mass is 1300 g/mol. The Bertz CT molecular complexity index is 3420. The van der Waals surface area contributed by atoms with Crippen molar-refractivity contribution in [2.45, 2.75) is 169 Å². The van der Waals surface area contributed by atoms with Gasteiger partial charge in [-0.15, -0.1) is 35.1 Å². The third-order valence-electron chi connectivity index (χ3n) is 16.8. The van der Waals surface area contributed by atoms with Crippen LogP contribution in [0.15, 0.2) is 101 Å². The summed E-state index contributed by atoms with van der Waals surface area (Å²) in [6, 6.07) is 25.8. The van der Waals surface area contributed by atoms with E-state index < -0.39 is 67.7 Å². The average Bonchev–Trinajstić information content (AvgIpc) is 1.92. The number of amides is 2. The standard InChI is InChI=1S/C21H19ClO2.C21H35N5O4SSi.C20H33N5O5SSi/c1-23-19-12-8-17(9-13-19)21(22,16-6-4-3-5-7-16)18-10-14-20(24-2)15-11-18;1-9-12-14(27)15(30-32(7,8)21(4,5)6)19(31-12)26-10-22-13-16(26)23-20(25-18(13)29)24-17(28)11(2)3;1-10(2)16(28)23-19-22-15-12(17(29)24-19)21-9-25(15)18-14(13(27)11(8-26)31-18)30-32(6,7)20(3,4)5/h3-15H,1-2H3;10-12,14-15,19,27H,9H2,1-8H3,(H2,23,24,25,28,29);9-11,13-14,18,26-27H,8H2,1-7H3,(H2,22,23,24,28,29)/t;12-,14-,15?,19-;11-,13-,14?,18-/m.11/s1. The van der Waals surface area contributed by atoms with Gasteiger partial charge in [0.05, 0.1) is 50.9 Å². The molecule has 0 bridgehead atoms. The maximum absolute atomic E-state index is 12.6. The van der Waals surface area contributed by atoms with E-state index in [1.807, 2.05) is 85.8 Å². The molecule has 0 spiro atoms. The number of ether oxygens (including phenoxy) is 2. The summed E-state index contributed by atoms with van der Waals surface area (Å²) in [4.78, 5) is 71.1. The van der Waals surface area contributed by atoms with Crippen molar-refractivity contribution in [3.8, 4) is 11.5 Å². The number of thioether (sulfide) groups is 2. The molecule has 0 saturated carbocycles. The van der Waals surface area contributed by atoms with Crippen molar-refractivity contribution < 1.29 is 43.2 Å². The molecule has 2 saturated heterocycles. The van der Waals surface area contributed by atoms with E-state index in [2.05, 4.69) is 108 Å². The molecule has 2 fully saturated rings. The SMILES string of the molecule is CC(C)C(=O)Nc1nc2c(ncn2[C@@H]2S[C@H](CO)[C@@H](O)C2O[Si](C)(C)C(C)(C)C)c(=O)[nH]1.CC[C@H]1S[C@@H](n2cnc3c(=O)[nH]c(NC(=O)C(C)C)nc32)C(O[Si](C)(C)C(C)(C)C)[C@@H]1O.COc1ccc(C(Cl)(c2ccccc2)c2ccc(OC)cc2)cc1. The van der Waals surface area contributed by atoms with E-state index in [0.29, 0.717) is 5.65 Å². The average molecular weight is 1300 g/mol. The number of methoxy groups -OCH3 is 2. The van der Waals surface area contributed by atoms with Crippen molar-refractivity contribution in [3.63, 3.8) is 0 Å². The number of hydrogen-bond donors (Lipinski definition) is 7. The molecule has 26 heteroatoms. The van der Waals surface area contributed by atoms with E-state index in [0.717, 1.165) is 34.6 Å². The van der Waals surface area contributed by atoms with Gasteiger partial charge in [0.1, 0.15) is 39.3 Å². The van der Waals surface area contributed by atoms with Crippen LogP contribution in [0, 0.1) is 11.8 Å². The number of nitrogens with zero attached hydrogens (tertiary/aromatic N) is 6. The normalized spacial score (nSPS) is 20.8. The number of aromatic nitrogens is 8. The van der Waals surface area contributed by atoms with Gasteiger partial charge in [0.25, 0.3) is 11.1 Å². The maximum Gasteiger partial charge on any atom is 0.280 e. The number of aromatic amines is 2. The molecular weight excluding hydrogens is 1220 g/mol. The molecule has 0 aliphatic carbocycles. The van der Waals surface area contributed by atoms with E-state index >= 15 is 0 Å². The highest BCUT2D eigenvalue weighted by molar-refractivity contribution is 8.00. The Hall–Kier alpha value is -5.88. The number of benzene rings is 3. The maximum atomic E-state index is 12.6. The van der Waals surface area contributed by atoms with Crippen LogP contribution in [0.25, 0.3) is 22.3 Å². The Kier molecular flexibility index (Phi) is 22.2. The van der Waals surface area contributed by atoms with Gasteiger partial charge in [-0.05, 0) is 83.6 Å². The van der Waals surface area contributed by atoms with Gasteiger partial charge < -0.3 is 33.6 Å². The third kappa shape index (κ3) is 15.1. The molecule has 88 heavy (non-hydrogen) atoms. The first-order valence-electron chi connectivity index (χ1n) is 29.4. The highest BCUT2D eigenvalue weighted by Gasteiger charge is 2.52. The van der Waals surface area contributed by atoms with Crippen LogP contribution in [0.5, 0.6) is 11.5 Å². The van der Waals surface area contributed by atoms with Crippen LogP contribution in [0.2, 0.25) is 36.3 Å². The summed E-state index contributed by atoms with van der Waals surface area (Å²) in [5, 5.41) is 35.8. The summed E-state index contributed by atoms with van der Waals surface area (Å²) < 4.78 is 27.3. The second-order valence-electron chi connectivity index (χ2n) is 25.6. The van der Waals surface area contributed by atoms with E-state index in [9.17, 15) is 34.5 Å². The van der Waals surface area contributed by atoms with Crippen LogP contribution in [0.3, 0.4) is 0 Å². The van der Waals surface area contributed by atoms with Crippen molar-refractivity contribution >= 4 is 97.8 Å². The lowest BCUT2D eigenvalue weighted by Crippen LogP contribution is -2.48. The Balaban J connectivity index is 0.000000190. The van der Waals surface area contributed by atoms with Crippen molar-refractivity contribution in [1.82, 2.24) is 39.0 Å². The number of fused-ring (bicyclic) bond motifs is 2. The summed E-state index contributed by atoms with van der Waals surface area (Å²) in [6.07, 6.45) is 1.23. The number of nitrogens with one attached hydrogen (secondary N) is 4. The summed E-state index contributed by atoms with van der Waals surface area (Å²) in [6.45, 7) is 30.2. The van der Waals surface area contributed by atoms with Crippen molar-refractivity contribution in [2.24, 2.45) is 11.8 Å². The van der Waals surface area contributed by atoms with E-state index in [1.165, 1.54) is 18.1 Å². The fourth-order valence-corrected chi connectivity index (χ4v) is 15.5. The minimum atomic E-state index is -2.27. The summed E-state index contributed by atoms with van der Waals surface area (Å²) in [5.41, 5.74) is 3.04. The van der Waals surface area contributed by atoms with Crippen LogP contribution in [-0.4, -0.2) is 139 Å². The molecule has 6 heterocycles. The Morgan fingerprint density at radius 1 is 0.636 bits per heavy atom. The molecule has 0 radical (unpaired) electrons. The zero-order chi connectivity index (χ0) is 65.0. The molecule has 8 atom stereocenters. The van der Waals surface area contributed by atoms with Crippen LogP contribution in [-0.2, 0) is 23.3 Å². The number of imidazole rings is 2. The quantitative estimate of drug-likeness (QED) is 0.0253. The number of hydrogen-bond acceptors (Lipinski definition) is 17. The minimum absolute atomic E-state index is 0.00525. The highest BCUT2D eigenvalue weighted by Crippen LogP contribution is 2.51. The Morgan fingerprint density at radius 3 is 1.34 bits per heavy atom. The van der Waals surface area contributed by atoms with Gasteiger partial charge in [-0.2, -0.15) is 9.97 Å². The van der Waals surface area contributed by atoms with Gasteiger partial charge in [0, 0.05) is 17.1 Å². The third-order valence-corrected chi connectivity index (χ3v) is 29.7. The van der Waals surface area contributed by atoms with Gasteiger partial charge >= 0.3 is 0 Å². The molecule has 3 aromatic carbocycles. The molecule has 2 unspecified atom stereocenters. The van der Waals surface area contributed by atoms with Crippen molar-refractivity contribution in [1.29, 1.82) is 0 Å². The molecule has 2 aliphatic heterocycles. The lowest BCUT2D eigenvalue weighted by molar-refractivity contribution is -0.119. The number of H-pyrrole nitrogens is 2. The summed E-state index contributed by atoms with van der Waals surface area (Å²) in [5.74, 6) is 0.676. The largest absolute Gasteiger partial charge is 0.497 e. The molecular formula is C62H87ClN10O11S2Si2. The topological polar surface area (TPSA) is 283 Å². The number of alkyl halides is 1. The minimum Gasteiger partial charge on any atom is -0.497 e. The van der Waals surface area contributed by atoms with Crippen LogP contribution >= 0.6 is 35.1 Å². The van der Waals surface area contributed by atoms with Gasteiger partial charge in [0.2, 0.25) is 23.7 Å². The lowest BCUT2D eigenvalue weighted by atomic mass is 9.84. The Labute approximate surface area is 530 Å². The van der Waals surface area contributed by atoms with E-state index in [1.54, 1.807) is 69.1 Å². The fourth-order valence-electron chi connectivity index (χ4n) is 9.34. The number of carbonyl (C=O) groups excluding carboxylic acids is 2. The van der Waals surface area contributed by atoms with Crippen LogP contribution in [0.4, 0.5) is 11.9 Å². The number of aliphatic hydroxyl groups excluding tert-OH is 3. The van der Waals surface area contributed by atoms with Gasteiger partial charge in [-0.25, -0.2) is 9.97 Å². The van der Waals surface area contributed by atoms with Crippen LogP contribution in [0.1, 0.15) is 110 Å².